The summed E-state index contributed by atoms with van der Waals surface area (Å²) in [6.45, 7) is 2.72. The van der Waals surface area contributed by atoms with Crippen LogP contribution < -0.4 is 14.4 Å². The van der Waals surface area contributed by atoms with E-state index < -0.39 is 0 Å². The van der Waals surface area contributed by atoms with Crippen molar-refractivity contribution in [2.75, 3.05) is 18.0 Å². The standard InChI is InChI=1S/C32H31N3O4/c1-3-7-24(8-4-1)22-38-30-14-12-28(31(34-30)39-23-25-9-5-2-6-10-25)29-13-11-27(21-33-29)35-17-15-26(16-18-35)32-36-19-20-37-32/h1-14,19-21,26,32H,15-18,22-23H2. The van der Waals surface area contributed by atoms with Crippen LogP contribution in [-0.2, 0) is 22.7 Å². The van der Waals surface area contributed by atoms with Crippen molar-refractivity contribution in [3.8, 4) is 23.0 Å². The normalized spacial score (nSPS) is 15.5. The highest BCUT2D eigenvalue weighted by Gasteiger charge is 2.30. The van der Waals surface area contributed by atoms with Gasteiger partial charge in [0.05, 0.1) is 23.1 Å². The largest absolute Gasteiger partial charge is 0.473 e. The Balaban J connectivity index is 1.17. The Morgan fingerprint density at radius 2 is 1.41 bits per heavy atom. The van der Waals surface area contributed by atoms with Crippen LogP contribution in [-0.4, -0.2) is 29.3 Å². The average Bonchev–Trinajstić information content (AvgIpc) is 3.56. The van der Waals surface area contributed by atoms with E-state index in [0.717, 1.165) is 54.0 Å². The van der Waals surface area contributed by atoms with Crippen molar-refractivity contribution in [2.45, 2.75) is 32.3 Å². The lowest BCUT2D eigenvalue weighted by Crippen LogP contribution is -2.38. The second-order valence-corrected chi connectivity index (χ2v) is 9.69. The highest BCUT2D eigenvalue weighted by atomic mass is 16.7. The minimum absolute atomic E-state index is 0.144. The summed E-state index contributed by atoms with van der Waals surface area (Å²) >= 11 is 0. The maximum Gasteiger partial charge on any atom is 0.242 e. The molecule has 0 amide bonds. The molecule has 0 bridgehead atoms. The summed E-state index contributed by atoms with van der Waals surface area (Å²) in [5, 5.41) is 0. The Bertz CT molecular complexity index is 1360. The van der Waals surface area contributed by atoms with Gasteiger partial charge in [0, 0.05) is 25.1 Å². The van der Waals surface area contributed by atoms with E-state index in [-0.39, 0.29) is 6.29 Å². The Hall–Kier alpha value is -4.52. The third kappa shape index (κ3) is 6.14. The van der Waals surface area contributed by atoms with Crippen LogP contribution in [0.4, 0.5) is 5.69 Å². The van der Waals surface area contributed by atoms with Gasteiger partial charge in [-0.05, 0) is 42.2 Å². The predicted octanol–water partition coefficient (Wildman–Crippen LogP) is 6.36. The van der Waals surface area contributed by atoms with Gasteiger partial charge < -0.3 is 23.8 Å². The first-order valence-corrected chi connectivity index (χ1v) is 13.3. The van der Waals surface area contributed by atoms with E-state index in [1.54, 1.807) is 12.5 Å². The van der Waals surface area contributed by atoms with Crippen LogP contribution in [0.15, 0.2) is 104 Å². The van der Waals surface area contributed by atoms with Gasteiger partial charge in [0.15, 0.2) is 0 Å². The monoisotopic (exact) mass is 521 g/mol. The van der Waals surface area contributed by atoms with Crippen LogP contribution in [0.25, 0.3) is 11.3 Å². The Kier molecular flexibility index (Phi) is 7.57. The molecule has 2 aromatic heterocycles. The van der Waals surface area contributed by atoms with Gasteiger partial charge in [-0.15, -0.1) is 0 Å². The molecule has 2 aliphatic heterocycles. The van der Waals surface area contributed by atoms with Gasteiger partial charge in [-0.3, -0.25) is 4.98 Å². The molecule has 7 heteroatoms. The van der Waals surface area contributed by atoms with Crippen LogP contribution in [0.3, 0.4) is 0 Å². The van der Waals surface area contributed by atoms with Crippen LogP contribution >= 0.6 is 0 Å². The molecule has 0 aliphatic carbocycles. The Morgan fingerprint density at radius 3 is 2.05 bits per heavy atom. The van der Waals surface area contributed by atoms with Crippen molar-refractivity contribution >= 4 is 5.69 Å². The molecule has 0 atom stereocenters. The molecular weight excluding hydrogens is 490 g/mol. The molecule has 1 fully saturated rings. The first-order chi connectivity index (χ1) is 19.3. The van der Waals surface area contributed by atoms with Crippen molar-refractivity contribution in [2.24, 2.45) is 5.92 Å². The molecule has 39 heavy (non-hydrogen) atoms. The predicted molar refractivity (Wildman–Crippen MR) is 149 cm³/mol. The summed E-state index contributed by atoms with van der Waals surface area (Å²) in [5.74, 6) is 1.41. The zero-order valence-electron chi connectivity index (χ0n) is 21.7. The van der Waals surface area contributed by atoms with Gasteiger partial charge in [0.2, 0.25) is 18.1 Å². The molecule has 1 saturated heterocycles. The fraction of sp³-hybridized carbons (Fsp3) is 0.250. The number of pyridine rings is 2. The number of ether oxygens (including phenoxy) is 4. The minimum Gasteiger partial charge on any atom is -0.473 e. The molecule has 0 N–H and O–H groups in total. The van der Waals surface area contributed by atoms with Crippen LogP contribution in [0.2, 0.25) is 0 Å². The van der Waals surface area contributed by atoms with Crippen molar-refractivity contribution in [3.05, 3.63) is 115 Å². The highest BCUT2D eigenvalue weighted by molar-refractivity contribution is 5.67. The lowest BCUT2D eigenvalue weighted by molar-refractivity contribution is -0.0728. The van der Waals surface area contributed by atoms with Crippen molar-refractivity contribution < 1.29 is 18.9 Å². The molecule has 7 nitrogen and oxygen atoms in total. The van der Waals surface area contributed by atoms with Gasteiger partial charge in [-0.25, -0.2) is 0 Å². The quantitative estimate of drug-likeness (QED) is 0.254. The molecule has 6 rings (SSSR count). The van der Waals surface area contributed by atoms with Gasteiger partial charge in [0.25, 0.3) is 0 Å². The number of hydrogen-bond donors (Lipinski definition) is 0. The van der Waals surface area contributed by atoms with Crippen LogP contribution in [0, 0.1) is 5.92 Å². The zero-order valence-corrected chi connectivity index (χ0v) is 21.7. The number of rotatable bonds is 9. The number of benzene rings is 2. The third-order valence-electron chi connectivity index (χ3n) is 7.08. The minimum atomic E-state index is -0.144. The van der Waals surface area contributed by atoms with Crippen molar-refractivity contribution in [1.82, 2.24) is 9.97 Å². The van der Waals surface area contributed by atoms with Crippen molar-refractivity contribution in [1.29, 1.82) is 0 Å². The van der Waals surface area contributed by atoms with E-state index in [0.29, 0.717) is 30.9 Å². The van der Waals surface area contributed by atoms with Gasteiger partial charge >= 0.3 is 0 Å². The van der Waals surface area contributed by atoms with E-state index in [2.05, 4.69) is 11.0 Å². The maximum absolute atomic E-state index is 6.21. The second kappa shape index (κ2) is 11.9. The van der Waals surface area contributed by atoms with E-state index in [9.17, 15) is 0 Å². The molecule has 0 spiro atoms. The summed E-state index contributed by atoms with van der Waals surface area (Å²) in [7, 11) is 0. The topological polar surface area (TPSA) is 65.9 Å². The summed E-state index contributed by atoms with van der Waals surface area (Å²) in [6.07, 6.45) is 7.08. The SMILES string of the molecule is C1=COC(C2CCN(c3ccc(-c4ccc(OCc5ccccc5)nc4OCc4ccccc4)nc3)CC2)O1. The zero-order chi connectivity index (χ0) is 26.3. The van der Waals surface area contributed by atoms with E-state index in [1.165, 1.54) is 0 Å². The smallest absolute Gasteiger partial charge is 0.242 e. The van der Waals surface area contributed by atoms with Crippen molar-refractivity contribution in [3.63, 3.8) is 0 Å². The van der Waals surface area contributed by atoms with Crippen LogP contribution in [0.1, 0.15) is 24.0 Å². The van der Waals surface area contributed by atoms with Gasteiger partial charge in [0.1, 0.15) is 25.7 Å². The second-order valence-electron chi connectivity index (χ2n) is 9.69. The highest BCUT2D eigenvalue weighted by Crippen LogP contribution is 2.33. The first kappa shape index (κ1) is 24.8. The lowest BCUT2D eigenvalue weighted by Gasteiger charge is -2.34. The summed E-state index contributed by atoms with van der Waals surface area (Å²) in [4.78, 5) is 11.9. The molecule has 2 aliphatic rings. The molecule has 4 heterocycles. The number of aromatic nitrogens is 2. The molecule has 4 aromatic rings. The molecule has 0 unspecified atom stereocenters. The lowest BCUT2D eigenvalue weighted by atomic mass is 9.96. The van der Waals surface area contributed by atoms with Gasteiger partial charge in [-0.1, -0.05) is 60.7 Å². The molecule has 198 valence electrons. The van der Waals surface area contributed by atoms with Crippen LogP contribution in [0.5, 0.6) is 11.8 Å². The van der Waals surface area contributed by atoms with E-state index >= 15 is 0 Å². The van der Waals surface area contributed by atoms with Gasteiger partial charge in [-0.2, -0.15) is 4.98 Å². The average molecular weight is 522 g/mol. The third-order valence-corrected chi connectivity index (χ3v) is 7.08. The fourth-order valence-corrected chi connectivity index (χ4v) is 4.90. The number of piperidine rings is 1. The van der Waals surface area contributed by atoms with E-state index in [1.807, 2.05) is 85.1 Å². The molecule has 2 aromatic carbocycles. The summed E-state index contributed by atoms with van der Waals surface area (Å²) in [5.41, 5.74) is 4.88. The number of hydrogen-bond acceptors (Lipinski definition) is 7. The Morgan fingerprint density at radius 1 is 0.744 bits per heavy atom. The Labute approximate surface area is 228 Å². The number of anilines is 1. The molecule has 0 saturated carbocycles. The molecule has 0 radical (unpaired) electrons. The summed E-state index contributed by atoms with van der Waals surface area (Å²) < 4.78 is 23.3. The fourth-order valence-electron chi connectivity index (χ4n) is 4.90. The first-order valence-electron chi connectivity index (χ1n) is 13.3. The molecular formula is C32H31N3O4. The summed E-state index contributed by atoms with van der Waals surface area (Å²) in [6, 6.07) is 28.1. The van der Waals surface area contributed by atoms with E-state index in [4.69, 9.17) is 28.9 Å². The maximum atomic E-state index is 6.21. The number of nitrogens with zero attached hydrogens (tertiary/aromatic N) is 3.